The molecule has 0 aliphatic rings. The minimum atomic E-state index is -0.253. The monoisotopic (exact) mass is 265 g/mol. The summed E-state index contributed by atoms with van der Waals surface area (Å²) in [6, 6.07) is 3.39. The Balaban J connectivity index is 2.60. The first-order valence-electron chi connectivity index (χ1n) is 6.55. The maximum atomic E-state index is 11.8. The van der Waals surface area contributed by atoms with Crippen LogP contribution in [0.5, 0.6) is 0 Å². The average Bonchev–Trinajstić information content (AvgIpc) is 2.79. The van der Waals surface area contributed by atoms with Crippen LogP contribution in [0.3, 0.4) is 0 Å². The van der Waals surface area contributed by atoms with E-state index < -0.39 is 0 Å². The molecule has 0 saturated heterocycles. The fourth-order valence-electron chi connectivity index (χ4n) is 1.58. The van der Waals surface area contributed by atoms with Crippen molar-refractivity contribution < 1.29 is 13.9 Å². The molecule has 0 spiro atoms. The predicted octanol–water partition coefficient (Wildman–Crippen LogP) is 3.08. The van der Waals surface area contributed by atoms with E-state index in [4.69, 9.17) is 9.15 Å². The molecular formula is C15H23NO3. The molecule has 0 saturated carbocycles. The standard InChI is InChI=1S/C15H23NO3/c1-11(2)8-15(17)16-13(10-18-9-12(3)4)14-6-5-7-19-14/h5-8,12-13H,9-10H2,1-4H3,(H,16,17). The summed E-state index contributed by atoms with van der Waals surface area (Å²) >= 11 is 0. The summed E-state index contributed by atoms with van der Waals surface area (Å²) in [5, 5.41) is 2.89. The molecule has 4 heteroatoms. The number of carbonyl (C=O) groups is 1. The van der Waals surface area contributed by atoms with Gasteiger partial charge < -0.3 is 14.5 Å². The average molecular weight is 265 g/mol. The summed E-state index contributed by atoms with van der Waals surface area (Å²) in [6.45, 7) is 9.02. The first-order chi connectivity index (χ1) is 8.99. The molecule has 4 nitrogen and oxygen atoms in total. The Bertz CT molecular complexity index is 403. The Hall–Kier alpha value is -1.55. The fourth-order valence-corrected chi connectivity index (χ4v) is 1.58. The van der Waals surface area contributed by atoms with Crippen molar-refractivity contribution in [2.24, 2.45) is 5.92 Å². The van der Waals surface area contributed by atoms with Gasteiger partial charge in [0.1, 0.15) is 11.8 Å². The third-order valence-electron chi connectivity index (χ3n) is 2.36. The third kappa shape index (κ3) is 6.25. The number of carbonyl (C=O) groups excluding carboxylic acids is 1. The van der Waals surface area contributed by atoms with E-state index in [1.54, 1.807) is 18.4 Å². The maximum Gasteiger partial charge on any atom is 0.244 e. The fraction of sp³-hybridized carbons (Fsp3) is 0.533. The van der Waals surface area contributed by atoms with Crippen LogP contribution in [0.15, 0.2) is 34.5 Å². The molecule has 0 fully saturated rings. The lowest BCUT2D eigenvalue weighted by Crippen LogP contribution is -2.30. The van der Waals surface area contributed by atoms with Crippen LogP contribution < -0.4 is 5.32 Å². The van der Waals surface area contributed by atoms with Gasteiger partial charge in [-0.05, 0) is 31.9 Å². The van der Waals surface area contributed by atoms with Crippen molar-refractivity contribution in [3.8, 4) is 0 Å². The van der Waals surface area contributed by atoms with Crippen LogP contribution in [0.4, 0.5) is 0 Å². The molecule has 0 aliphatic carbocycles. The molecule has 1 N–H and O–H groups in total. The minimum Gasteiger partial charge on any atom is -0.467 e. The molecule has 1 aromatic heterocycles. The molecule has 106 valence electrons. The topological polar surface area (TPSA) is 51.5 Å². The highest BCUT2D eigenvalue weighted by Crippen LogP contribution is 2.14. The summed E-state index contributed by atoms with van der Waals surface area (Å²) in [5.41, 5.74) is 0.957. The van der Waals surface area contributed by atoms with E-state index in [2.05, 4.69) is 19.2 Å². The second kappa shape index (κ2) is 7.79. The molecule has 19 heavy (non-hydrogen) atoms. The van der Waals surface area contributed by atoms with Gasteiger partial charge in [0, 0.05) is 12.7 Å². The predicted molar refractivity (Wildman–Crippen MR) is 74.7 cm³/mol. The van der Waals surface area contributed by atoms with E-state index >= 15 is 0 Å². The first-order valence-corrected chi connectivity index (χ1v) is 6.55. The maximum absolute atomic E-state index is 11.8. The number of ether oxygens (including phenoxy) is 1. The zero-order valence-corrected chi connectivity index (χ0v) is 12.1. The van der Waals surface area contributed by atoms with Gasteiger partial charge in [-0.1, -0.05) is 19.4 Å². The highest BCUT2D eigenvalue weighted by atomic mass is 16.5. The lowest BCUT2D eigenvalue weighted by atomic mass is 10.2. The number of hydrogen-bond acceptors (Lipinski definition) is 3. The number of amides is 1. The van der Waals surface area contributed by atoms with Crippen molar-refractivity contribution in [1.82, 2.24) is 5.32 Å². The van der Waals surface area contributed by atoms with E-state index in [1.807, 2.05) is 19.9 Å². The summed E-state index contributed by atoms with van der Waals surface area (Å²) in [6.07, 6.45) is 3.16. The smallest absolute Gasteiger partial charge is 0.244 e. The van der Waals surface area contributed by atoms with Crippen LogP contribution in [-0.4, -0.2) is 19.1 Å². The lowest BCUT2D eigenvalue weighted by Gasteiger charge is -2.17. The van der Waals surface area contributed by atoms with Gasteiger partial charge in [-0.25, -0.2) is 0 Å². The van der Waals surface area contributed by atoms with Gasteiger partial charge in [0.2, 0.25) is 5.91 Å². The second-order valence-electron chi connectivity index (χ2n) is 5.23. The van der Waals surface area contributed by atoms with Crippen molar-refractivity contribution in [2.45, 2.75) is 33.7 Å². The van der Waals surface area contributed by atoms with Gasteiger partial charge in [-0.3, -0.25) is 4.79 Å². The Morgan fingerprint density at radius 3 is 2.68 bits per heavy atom. The molecule has 0 radical (unpaired) electrons. The van der Waals surface area contributed by atoms with Gasteiger partial charge in [-0.15, -0.1) is 0 Å². The normalized spacial score (nSPS) is 12.3. The lowest BCUT2D eigenvalue weighted by molar-refractivity contribution is -0.117. The minimum absolute atomic E-state index is 0.130. The summed E-state index contributed by atoms with van der Waals surface area (Å²) < 4.78 is 10.9. The van der Waals surface area contributed by atoms with Gasteiger partial charge in [0.25, 0.3) is 0 Å². The van der Waals surface area contributed by atoms with E-state index in [9.17, 15) is 4.79 Å². The van der Waals surface area contributed by atoms with E-state index in [-0.39, 0.29) is 11.9 Å². The Morgan fingerprint density at radius 2 is 2.16 bits per heavy atom. The Labute approximate surface area is 114 Å². The van der Waals surface area contributed by atoms with Crippen molar-refractivity contribution in [2.75, 3.05) is 13.2 Å². The Kier molecular flexibility index (Phi) is 6.36. The Morgan fingerprint density at radius 1 is 1.42 bits per heavy atom. The number of hydrogen-bond donors (Lipinski definition) is 1. The molecule has 1 heterocycles. The van der Waals surface area contributed by atoms with E-state index in [1.165, 1.54) is 0 Å². The molecule has 0 aliphatic heterocycles. The first kappa shape index (κ1) is 15.5. The zero-order chi connectivity index (χ0) is 14.3. The quantitative estimate of drug-likeness (QED) is 0.771. The van der Waals surface area contributed by atoms with Crippen LogP contribution in [0.1, 0.15) is 39.5 Å². The molecule has 1 amide bonds. The van der Waals surface area contributed by atoms with E-state index in [0.29, 0.717) is 24.9 Å². The number of furan rings is 1. The summed E-state index contributed by atoms with van der Waals surface area (Å²) in [5.74, 6) is 1.04. The SMILES string of the molecule is CC(C)=CC(=O)NC(COCC(C)C)c1ccco1. The van der Waals surface area contributed by atoms with Gasteiger partial charge >= 0.3 is 0 Å². The molecule has 1 unspecified atom stereocenters. The molecule has 0 aromatic carbocycles. The van der Waals surface area contributed by atoms with Crippen LogP contribution in [-0.2, 0) is 9.53 Å². The second-order valence-corrected chi connectivity index (χ2v) is 5.23. The van der Waals surface area contributed by atoms with Crippen molar-refractivity contribution in [1.29, 1.82) is 0 Å². The highest BCUT2D eigenvalue weighted by molar-refractivity contribution is 5.88. The zero-order valence-electron chi connectivity index (χ0n) is 12.1. The number of nitrogens with one attached hydrogen (secondary N) is 1. The summed E-state index contributed by atoms with van der Waals surface area (Å²) in [4.78, 5) is 11.8. The van der Waals surface area contributed by atoms with Crippen molar-refractivity contribution in [3.05, 3.63) is 35.8 Å². The van der Waals surface area contributed by atoms with Crippen LogP contribution in [0, 0.1) is 5.92 Å². The van der Waals surface area contributed by atoms with Crippen LogP contribution in [0.2, 0.25) is 0 Å². The molecule has 0 bridgehead atoms. The van der Waals surface area contributed by atoms with Crippen LogP contribution in [0.25, 0.3) is 0 Å². The van der Waals surface area contributed by atoms with Gasteiger partial charge in [0.05, 0.1) is 12.9 Å². The van der Waals surface area contributed by atoms with Gasteiger partial charge in [-0.2, -0.15) is 0 Å². The van der Waals surface area contributed by atoms with Crippen molar-refractivity contribution in [3.63, 3.8) is 0 Å². The number of rotatable bonds is 7. The van der Waals surface area contributed by atoms with E-state index in [0.717, 1.165) is 5.57 Å². The van der Waals surface area contributed by atoms with Gasteiger partial charge in [0.15, 0.2) is 0 Å². The number of allylic oxidation sites excluding steroid dienone is 1. The largest absolute Gasteiger partial charge is 0.467 e. The highest BCUT2D eigenvalue weighted by Gasteiger charge is 2.16. The van der Waals surface area contributed by atoms with Crippen molar-refractivity contribution >= 4 is 5.91 Å². The molecule has 1 aromatic rings. The molecular weight excluding hydrogens is 242 g/mol. The molecule has 1 atom stereocenters. The summed E-state index contributed by atoms with van der Waals surface area (Å²) in [7, 11) is 0. The molecule has 1 rings (SSSR count). The third-order valence-corrected chi connectivity index (χ3v) is 2.36. The van der Waals surface area contributed by atoms with Crippen LogP contribution >= 0.6 is 0 Å².